The zero-order valence-corrected chi connectivity index (χ0v) is 10.7. The van der Waals surface area contributed by atoms with Crippen molar-refractivity contribution in [2.45, 2.75) is 20.3 Å². The van der Waals surface area contributed by atoms with Crippen molar-refractivity contribution in [1.82, 2.24) is 0 Å². The van der Waals surface area contributed by atoms with E-state index in [4.69, 9.17) is 0 Å². The van der Waals surface area contributed by atoms with E-state index in [0.29, 0.717) is 6.29 Å². The molecular weight excluding hydrogens is 249 g/mol. The zero-order chi connectivity index (χ0) is 14.2. The van der Waals surface area contributed by atoms with Crippen molar-refractivity contribution in [3.63, 3.8) is 0 Å². The molecule has 1 aromatic carbocycles. The van der Waals surface area contributed by atoms with Crippen molar-refractivity contribution in [3.8, 4) is 0 Å². The van der Waals surface area contributed by atoms with E-state index in [1.54, 1.807) is 19.9 Å². The minimum absolute atomic E-state index is 0.0540. The third-order valence-corrected chi connectivity index (χ3v) is 3.44. The van der Waals surface area contributed by atoms with Gasteiger partial charge in [0.2, 0.25) is 11.8 Å². The van der Waals surface area contributed by atoms with E-state index in [1.807, 2.05) is 0 Å². The molecule has 2 rings (SSSR count). The van der Waals surface area contributed by atoms with E-state index in [1.165, 1.54) is 18.2 Å². The number of benzene rings is 1. The predicted octanol–water partition coefficient (Wildman–Crippen LogP) is 1.93. The highest BCUT2D eigenvalue weighted by Crippen LogP contribution is 2.37. The molecule has 0 bridgehead atoms. The van der Waals surface area contributed by atoms with Crippen LogP contribution in [-0.2, 0) is 14.4 Å². The number of rotatable bonds is 3. The summed E-state index contributed by atoms with van der Waals surface area (Å²) in [7, 11) is 0. The fraction of sp³-hybridized carbons (Fsp3) is 0.357. The van der Waals surface area contributed by atoms with Crippen molar-refractivity contribution >= 4 is 23.8 Å². The fourth-order valence-corrected chi connectivity index (χ4v) is 2.18. The average molecular weight is 263 g/mol. The lowest BCUT2D eigenvalue weighted by molar-refractivity contribution is -0.129. The summed E-state index contributed by atoms with van der Waals surface area (Å²) < 4.78 is 13.7. The summed E-state index contributed by atoms with van der Waals surface area (Å²) in [5.74, 6) is -2.37. The molecule has 5 heteroatoms. The van der Waals surface area contributed by atoms with Crippen molar-refractivity contribution in [2.75, 3.05) is 4.90 Å². The van der Waals surface area contributed by atoms with Crippen molar-refractivity contribution < 1.29 is 18.8 Å². The number of para-hydroxylation sites is 1. The summed E-state index contributed by atoms with van der Waals surface area (Å²) >= 11 is 0. The number of carbonyl (C=O) groups is 3. The first-order chi connectivity index (χ1) is 8.88. The number of amides is 2. The lowest BCUT2D eigenvalue weighted by Crippen LogP contribution is -2.36. The first-order valence-electron chi connectivity index (χ1n) is 5.96. The van der Waals surface area contributed by atoms with Gasteiger partial charge in [0.1, 0.15) is 12.1 Å². The summed E-state index contributed by atoms with van der Waals surface area (Å²) in [4.78, 5) is 36.0. The average Bonchev–Trinajstić information content (AvgIpc) is 2.67. The number of anilines is 1. The Balaban J connectivity index is 2.40. The van der Waals surface area contributed by atoms with Gasteiger partial charge in [-0.15, -0.1) is 0 Å². The molecule has 0 aromatic heterocycles. The number of nitrogens with zero attached hydrogens (tertiary/aromatic N) is 1. The second-order valence-electron chi connectivity index (χ2n) is 5.21. The summed E-state index contributed by atoms with van der Waals surface area (Å²) in [6.07, 6.45) is 0.590. The summed E-state index contributed by atoms with van der Waals surface area (Å²) in [6.45, 7) is 3.20. The molecule has 4 nitrogen and oxygen atoms in total. The maximum absolute atomic E-state index is 13.7. The molecule has 0 radical (unpaired) electrons. The van der Waals surface area contributed by atoms with Gasteiger partial charge < -0.3 is 4.79 Å². The maximum atomic E-state index is 13.7. The zero-order valence-electron chi connectivity index (χ0n) is 10.7. The van der Waals surface area contributed by atoms with Crippen LogP contribution in [0.15, 0.2) is 24.3 Å². The van der Waals surface area contributed by atoms with E-state index in [2.05, 4.69) is 0 Å². The van der Waals surface area contributed by atoms with Gasteiger partial charge in [0, 0.05) is 11.8 Å². The van der Waals surface area contributed by atoms with Gasteiger partial charge in [0.25, 0.3) is 0 Å². The van der Waals surface area contributed by atoms with Crippen molar-refractivity contribution in [2.24, 2.45) is 11.3 Å². The molecule has 0 saturated carbocycles. The molecule has 1 fully saturated rings. The molecule has 0 N–H and O–H groups in total. The van der Waals surface area contributed by atoms with Gasteiger partial charge >= 0.3 is 0 Å². The molecule has 1 aliphatic rings. The van der Waals surface area contributed by atoms with Crippen LogP contribution >= 0.6 is 0 Å². The normalized spacial score (nSPS) is 19.9. The monoisotopic (exact) mass is 263 g/mol. The highest BCUT2D eigenvalue weighted by Gasteiger charge is 2.47. The molecule has 1 heterocycles. The largest absolute Gasteiger partial charge is 0.303 e. The highest BCUT2D eigenvalue weighted by atomic mass is 19.1. The minimum Gasteiger partial charge on any atom is -0.303 e. The number of halogens is 1. The third-order valence-electron chi connectivity index (χ3n) is 3.44. The van der Waals surface area contributed by atoms with E-state index < -0.39 is 29.0 Å². The molecule has 1 atom stereocenters. The Bertz CT molecular complexity index is 553. The Kier molecular flexibility index (Phi) is 3.22. The Morgan fingerprint density at radius 1 is 1.32 bits per heavy atom. The van der Waals surface area contributed by atoms with Crippen LogP contribution in [0.2, 0.25) is 0 Å². The van der Waals surface area contributed by atoms with Gasteiger partial charge in [0.05, 0.1) is 11.6 Å². The number of hydrogen-bond donors (Lipinski definition) is 0. The Morgan fingerprint density at radius 2 is 1.95 bits per heavy atom. The van der Waals surface area contributed by atoms with Crippen LogP contribution in [0.5, 0.6) is 0 Å². The first-order valence-corrected chi connectivity index (χ1v) is 5.96. The quantitative estimate of drug-likeness (QED) is 0.618. The van der Waals surface area contributed by atoms with E-state index >= 15 is 0 Å². The van der Waals surface area contributed by atoms with Crippen LogP contribution in [0.25, 0.3) is 0 Å². The summed E-state index contributed by atoms with van der Waals surface area (Å²) in [5, 5.41) is 0. The van der Waals surface area contributed by atoms with Crippen LogP contribution in [0, 0.1) is 17.2 Å². The molecular formula is C14H14FNO3. The first kappa shape index (κ1) is 13.4. The van der Waals surface area contributed by atoms with Gasteiger partial charge in [-0.05, 0) is 12.1 Å². The van der Waals surface area contributed by atoms with Gasteiger partial charge in [-0.1, -0.05) is 26.0 Å². The number of imide groups is 1. The lowest BCUT2D eigenvalue weighted by atomic mass is 9.79. The van der Waals surface area contributed by atoms with Crippen LogP contribution in [-0.4, -0.2) is 18.1 Å². The van der Waals surface area contributed by atoms with Crippen LogP contribution in [0.1, 0.15) is 20.3 Å². The molecule has 0 aliphatic carbocycles. The second kappa shape index (κ2) is 4.57. The molecule has 1 aromatic rings. The fourth-order valence-electron chi connectivity index (χ4n) is 2.18. The van der Waals surface area contributed by atoms with Crippen molar-refractivity contribution in [3.05, 3.63) is 30.1 Å². The van der Waals surface area contributed by atoms with E-state index in [0.717, 1.165) is 4.90 Å². The SMILES string of the molecule is CC(C)(C=O)[C@H]1CC(=O)N(c2ccccc2F)C1=O. The van der Waals surface area contributed by atoms with Gasteiger partial charge in [-0.25, -0.2) is 9.29 Å². The van der Waals surface area contributed by atoms with E-state index in [-0.39, 0.29) is 12.1 Å². The summed E-state index contributed by atoms with van der Waals surface area (Å²) in [5.41, 5.74) is -0.992. The van der Waals surface area contributed by atoms with Crippen LogP contribution < -0.4 is 4.90 Å². The number of hydrogen-bond acceptors (Lipinski definition) is 3. The molecule has 1 aliphatic heterocycles. The van der Waals surface area contributed by atoms with E-state index in [9.17, 15) is 18.8 Å². The topological polar surface area (TPSA) is 54.5 Å². The molecule has 0 spiro atoms. The second-order valence-corrected chi connectivity index (χ2v) is 5.21. The van der Waals surface area contributed by atoms with Gasteiger partial charge in [-0.2, -0.15) is 0 Å². The molecule has 0 unspecified atom stereocenters. The molecule has 19 heavy (non-hydrogen) atoms. The van der Waals surface area contributed by atoms with Crippen LogP contribution in [0.3, 0.4) is 0 Å². The predicted molar refractivity (Wildman–Crippen MR) is 66.8 cm³/mol. The summed E-state index contributed by atoms with van der Waals surface area (Å²) in [6, 6.07) is 5.60. The Morgan fingerprint density at radius 3 is 2.53 bits per heavy atom. The smallest absolute Gasteiger partial charge is 0.238 e. The molecule has 2 amide bonds. The number of aldehydes is 1. The molecule has 100 valence electrons. The van der Waals surface area contributed by atoms with Gasteiger partial charge in [-0.3, -0.25) is 9.59 Å². The maximum Gasteiger partial charge on any atom is 0.238 e. The minimum atomic E-state index is -0.938. The standard InChI is InChI=1S/C14H14FNO3/c1-14(2,8-17)9-7-12(18)16(13(9)19)11-6-4-3-5-10(11)15/h3-6,8-9H,7H2,1-2H3/t9-/m0/s1. The lowest BCUT2D eigenvalue weighted by Gasteiger charge is -2.23. The Labute approximate surface area is 110 Å². The van der Waals surface area contributed by atoms with Crippen molar-refractivity contribution in [1.29, 1.82) is 0 Å². The Hall–Kier alpha value is -2.04. The molecule has 1 saturated heterocycles. The number of carbonyl (C=O) groups excluding carboxylic acids is 3. The van der Waals surface area contributed by atoms with Crippen LogP contribution in [0.4, 0.5) is 10.1 Å². The van der Waals surface area contributed by atoms with Gasteiger partial charge in [0.15, 0.2) is 0 Å². The third kappa shape index (κ3) is 2.16. The highest BCUT2D eigenvalue weighted by molar-refractivity contribution is 6.21.